The van der Waals surface area contributed by atoms with Crippen LogP contribution in [-0.4, -0.2) is 33.9 Å². The lowest BCUT2D eigenvalue weighted by molar-refractivity contribution is 0.0265. The van der Waals surface area contributed by atoms with Gasteiger partial charge in [0.2, 0.25) is 10.0 Å². The molecule has 1 N–H and O–H groups in total. The van der Waals surface area contributed by atoms with Gasteiger partial charge >= 0.3 is 0 Å². The molecular weight excluding hydrogens is 214 g/mol. The molecule has 1 heterocycles. The first-order valence-corrected chi connectivity index (χ1v) is 7.18. The van der Waals surface area contributed by atoms with Gasteiger partial charge in [0.15, 0.2) is 0 Å². The highest BCUT2D eigenvalue weighted by atomic mass is 32.2. The van der Waals surface area contributed by atoms with E-state index in [1.165, 1.54) is 0 Å². The van der Waals surface area contributed by atoms with E-state index in [0.717, 1.165) is 26.1 Å². The molecule has 1 fully saturated rings. The van der Waals surface area contributed by atoms with E-state index in [9.17, 15) is 8.42 Å². The molecule has 1 saturated heterocycles. The highest BCUT2D eigenvalue weighted by molar-refractivity contribution is 7.89. The van der Waals surface area contributed by atoms with Crippen molar-refractivity contribution in [2.75, 3.05) is 25.5 Å². The van der Waals surface area contributed by atoms with Crippen molar-refractivity contribution in [3.05, 3.63) is 0 Å². The molecule has 0 aliphatic carbocycles. The lowest BCUT2D eigenvalue weighted by Crippen LogP contribution is -2.40. The fraction of sp³-hybridized carbons (Fsp3) is 1.00. The molecule has 5 heteroatoms. The third-order valence-corrected chi connectivity index (χ3v) is 4.42. The van der Waals surface area contributed by atoms with Gasteiger partial charge in [0, 0.05) is 19.8 Å². The monoisotopic (exact) mass is 235 g/mol. The molecule has 0 aromatic rings. The molecule has 0 aromatic heterocycles. The fourth-order valence-corrected chi connectivity index (χ4v) is 2.92. The predicted octanol–water partition coefficient (Wildman–Crippen LogP) is 1.13. The van der Waals surface area contributed by atoms with Crippen LogP contribution in [0.1, 0.15) is 33.1 Å². The zero-order valence-corrected chi connectivity index (χ0v) is 10.4. The number of hydrogen-bond donors (Lipinski definition) is 1. The molecule has 0 amide bonds. The normalized spacial score (nSPS) is 21.5. The number of nitrogens with one attached hydrogen (secondary N) is 1. The van der Waals surface area contributed by atoms with Crippen LogP contribution in [0.15, 0.2) is 0 Å². The summed E-state index contributed by atoms with van der Waals surface area (Å²) in [6.07, 6.45) is 2.53. The molecular formula is C10H21NO3S. The predicted molar refractivity (Wildman–Crippen MR) is 60.2 cm³/mol. The quantitative estimate of drug-likeness (QED) is 0.777. The Labute approximate surface area is 92.4 Å². The summed E-state index contributed by atoms with van der Waals surface area (Å²) in [5.74, 6) is 0.222. The topological polar surface area (TPSA) is 55.4 Å². The van der Waals surface area contributed by atoms with Gasteiger partial charge in [0.1, 0.15) is 0 Å². The molecule has 0 unspecified atom stereocenters. The first-order valence-electron chi connectivity index (χ1n) is 5.52. The largest absolute Gasteiger partial charge is 0.381 e. The van der Waals surface area contributed by atoms with E-state index >= 15 is 0 Å². The molecule has 1 aliphatic rings. The van der Waals surface area contributed by atoms with E-state index in [-0.39, 0.29) is 11.2 Å². The minimum Gasteiger partial charge on any atom is -0.381 e. The first kappa shape index (κ1) is 12.9. The molecule has 0 bridgehead atoms. The van der Waals surface area contributed by atoms with Crippen LogP contribution in [0.3, 0.4) is 0 Å². The number of hydrogen-bond acceptors (Lipinski definition) is 3. The molecule has 0 atom stereocenters. The van der Waals surface area contributed by atoms with Crippen LogP contribution in [0.25, 0.3) is 0 Å². The number of rotatable bonds is 5. The summed E-state index contributed by atoms with van der Waals surface area (Å²) in [5, 5.41) is 0. The second-order valence-electron chi connectivity index (χ2n) is 4.56. The van der Waals surface area contributed by atoms with E-state index in [0.29, 0.717) is 13.0 Å². The maximum Gasteiger partial charge on any atom is 0.211 e. The average molecular weight is 235 g/mol. The van der Waals surface area contributed by atoms with Crippen molar-refractivity contribution < 1.29 is 13.2 Å². The first-order chi connectivity index (χ1) is 6.97. The van der Waals surface area contributed by atoms with Crippen molar-refractivity contribution in [2.24, 2.45) is 5.41 Å². The fourth-order valence-electron chi connectivity index (χ4n) is 1.67. The Kier molecular flexibility index (Phi) is 4.55. The van der Waals surface area contributed by atoms with Gasteiger partial charge in [0.25, 0.3) is 0 Å². The van der Waals surface area contributed by atoms with Crippen molar-refractivity contribution in [1.29, 1.82) is 0 Å². The van der Waals surface area contributed by atoms with Crippen molar-refractivity contribution in [3.63, 3.8) is 0 Å². The van der Waals surface area contributed by atoms with E-state index < -0.39 is 10.0 Å². The summed E-state index contributed by atoms with van der Waals surface area (Å²) in [6.45, 7) is 6.01. The van der Waals surface area contributed by atoms with E-state index in [4.69, 9.17) is 4.74 Å². The average Bonchev–Trinajstić information content (AvgIpc) is 2.17. The van der Waals surface area contributed by atoms with Crippen LogP contribution in [0.5, 0.6) is 0 Å². The summed E-state index contributed by atoms with van der Waals surface area (Å²) >= 11 is 0. The summed E-state index contributed by atoms with van der Waals surface area (Å²) < 4.78 is 30.9. The number of ether oxygens (including phenoxy) is 1. The standard InChI is InChI=1S/C10H21NO3S/c1-3-8-15(12,13)11-9-10(2)4-6-14-7-5-10/h11H,3-9H2,1-2H3. The third-order valence-electron chi connectivity index (χ3n) is 2.89. The van der Waals surface area contributed by atoms with Crippen LogP contribution >= 0.6 is 0 Å². The molecule has 1 rings (SSSR count). The second kappa shape index (κ2) is 5.27. The van der Waals surface area contributed by atoms with Gasteiger partial charge in [-0.15, -0.1) is 0 Å². The molecule has 90 valence electrons. The highest BCUT2D eigenvalue weighted by Crippen LogP contribution is 2.28. The van der Waals surface area contributed by atoms with Crippen LogP contribution in [0.4, 0.5) is 0 Å². The highest BCUT2D eigenvalue weighted by Gasteiger charge is 2.28. The Morgan fingerprint density at radius 2 is 1.93 bits per heavy atom. The molecule has 4 nitrogen and oxygen atoms in total. The van der Waals surface area contributed by atoms with Crippen molar-refractivity contribution >= 4 is 10.0 Å². The molecule has 15 heavy (non-hydrogen) atoms. The van der Waals surface area contributed by atoms with E-state index in [1.807, 2.05) is 6.92 Å². The summed E-state index contributed by atoms with van der Waals surface area (Å²) in [5.41, 5.74) is 0.0685. The van der Waals surface area contributed by atoms with Crippen LogP contribution < -0.4 is 4.72 Å². The molecule has 0 spiro atoms. The van der Waals surface area contributed by atoms with Gasteiger partial charge in [-0.25, -0.2) is 13.1 Å². The summed E-state index contributed by atoms with van der Waals surface area (Å²) in [4.78, 5) is 0. The minimum atomic E-state index is -3.06. The van der Waals surface area contributed by atoms with Gasteiger partial charge in [-0.1, -0.05) is 13.8 Å². The van der Waals surface area contributed by atoms with Crippen molar-refractivity contribution in [2.45, 2.75) is 33.1 Å². The molecule has 0 aromatic carbocycles. The van der Waals surface area contributed by atoms with E-state index in [2.05, 4.69) is 11.6 Å². The zero-order chi connectivity index (χ0) is 11.4. The lowest BCUT2D eigenvalue weighted by atomic mass is 9.83. The van der Waals surface area contributed by atoms with Crippen molar-refractivity contribution in [1.82, 2.24) is 4.72 Å². The Bertz CT molecular complexity index is 281. The van der Waals surface area contributed by atoms with Crippen molar-refractivity contribution in [3.8, 4) is 0 Å². The molecule has 0 radical (unpaired) electrons. The zero-order valence-electron chi connectivity index (χ0n) is 9.58. The SMILES string of the molecule is CCCS(=O)(=O)NCC1(C)CCOCC1. The smallest absolute Gasteiger partial charge is 0.211 e. The Balaban J connectivity index is 2.41. The summed E-state index contributed by atoms with van der Waals surface area (Å²) in [7, 11) is -3.06. The van der Waals surface area contributed by atoms with Gasteiger partial charge in [0.05, 0.1) is 5.75 Å². The van der Waals surface area contributed by atoms with Crippen LogP contribution in [0.2, 0.25) is 0 Å². The van der Waals surface area contributed by atoms with E-state index in [1.54, 1.807) is 0 Å². The Hall–Kier alpha value is -0.130. The Morgan fingerprint density at radius 3 is 2.47 bits per heavy atom. The molecule has 1 aliphatic heterocycles. The van der Waals surface area contributed by atoms with Gasteiger partial charge in [-0.05, 0) is 24.7 Å². The third kappa shape index (κ3) is 4.49. The summed E-state index contributed by atoms with van der Waals surface area (Å²) in [6, 6.07) is 0. The Morgan fingerprint density at radius 1 is 1.33 bits per heavy atom. The van der Waals surface area contributed by atoms with Crippen LogP contribution in [0, 0.1) is 5.41 Å². The minimum absolute atomic E-state index is 0.0685. The molecule has 0 saturated carbocycles. The van der Waals surface area contributed by atoms with Gasteiger partial charge in [-0.2, -0.15) is 0 Å². The van der Waals surface area contributed by atoms with Crippen LogP contribution in [-0.2, 0) is 14.8 Å². The lowest BCUT2D eigenvalue weighted by Gasteiger charge is -2.33. The maximum absolute atomic E-state index is 11.5. The second-order valence-corrected chi connectivity index (χ2v) is 6.49. The van der Waals surface area contributed by atoms with Gasteiger partial charge in [-0.3, -0.25) is 0 Å². The maximum atomic E-state index is 11.5. The van der Waals surface area contributed by atoms with Gasteiger partial charge < -0.3 is 4.74 Å². The number of sulfonamides is 1.